The highest BCUT2D eigenvalue weighted by atomic mass is 31.2. The minimum Gasteiger partial charge on any atom is -0.756 e. The van der Waals surface area contributed by atoms with E-state index < -0.39 is 20.0 Å². The van der Waals surface area contributed by atoms with Crippen molar-refractivity contribution in [2.45, 2.75) is 360 Å². The van der Waals surface area contributed by atoms with Crippen LogP contribution >= 0.6 is 7.82 Å². The first-order chi connectivity index (χ1) is 38.0. The summed E-state index contributed by atoms with van der Waals surface area (Å²) >= 11 is 0. The minimum atomic E-state index is -4.61. The lowest BCUT2D eigenvalue weighted by Crippen LogP contribution is -2.45. The molecule has 78 heavy (non-hydrogen) atoms. The number of hydrogen-bond donors (Lipinski definition) is 2. The number of carbonyl (C=O) groups excluding carboxylic acids is 1. The summed E-state index contributed by atoms with van der Waals surface area (Å²) in [6.45, 7) is 4.68. The monoisotopic (exact) mass is 1120 g/mol. The van der Waals surface area contributed by atoms with E-state index >= 15 is 0 Å². The lowest BCUT2D eigenvalue weighted by Gasteiger charge is -2.29. The van der Waals surface area contributed by atoms with E-state index in [1.807, 2.05) is 27.2 Å². The van der Waals surface area contributed by atoms with Crippen molar-refractivity contribution < 1.29 is 32.9 Å². The third-order valence-corrected chi connectivity index (χ3v) is 16.8. The van der Waals surface area contributed by atoms with Crippen molar-refractivity contribution in [3.63, 3.8) is 0 Å². The molecule has 0 spiro atoms. The first kappa shape index (κ1) is 76.7. The second-order valence-electron chi connectivity index (χ2n) is 24.9. The SMILES string of the molecule is CCCCCCCCCC/C=C\CCCCCCCCCCCCCCCCCCCCCCCCCC(=O)NC(COP(=O)([O-])OCC[N+](C)(C)C)C(O)/C=C/CC/C=C/CCCCCCCCCCCCCCCCC. The van der Waals surface area contributed by atoms with Crippen LogP contribution in [0.2, 0.25) is 0 Å². The number of unbranched alkanes of at least 4 members (excludes halogenated alkanes) is 47. The highest BCUT2D eigenvalue weighted by molar-refractivity contribution is 7.45. The van der Waals surface area contributed by atoms with E-state index in [0.717, 1.165) is 38.5 Å². The van der Waals surface area contributed by atoms with Crippen molar-refractivity contribution in [1.82, 2.24) is 5.32 Å². The fourth-order valence-electron chi connectivity index (χ4n) is 10.5. The molecule has 0 heterocycles. The molecule has 0 aromatic rings. The zero-order valence-electron chi connectivity index (χ0n) is 52.9. The third-order valence-electron chi connectivity index (χ3n) is 15.8. The number of nitrogens with zero attached hydrogens (tertiary/aromatic N) is 1. The van der Waals surface area contributed by atoms with E-state index in [1.165, 1.54) is 289 Å². The topological polar surface area (TPSA) is 108 Å². The maximum atomic E-state index is 13.0. The van der Waals surface area contributed by atoms with Crippen LogP contribution < -0.4 is 10.2 Å². The number of nitrogens with one attached hydrogen (secondary N) is 1. The van der Waals surface area contributed by atoms with Crippen LogP contribution in [-0.2, 0) is 18.4 Å². The van der Waals surface area contributed by atoms with Crippen molar-refractivity contribution in [2.24, 2.45) is 0 Å². The molecule has 8 nitrogen and oxygen atoms in total. The average molecular weight is 1120 g/mol. The number of hydrogen-bond acceptors (Lipinski definition) is 6. The molecule has 0 aliphatic carbocycles. The second-order valence-corrected chi connectivity index (χ2v) is 26.3. The van der Waals surface area contributed by atoms with E-state index in [1.54, 1.807) is 6.08 Å². The molecule has 0 radical (unpaired) electrons. The van der Waals surface area contributed by atoms with Gasteiger partial charge in [-0.1, -0.05) is 320 Å². The van der Waals surface area contributed by atoms with E-state index in [2.05, 4.69) is 43.5 Å². The van der Waals surface area contributed by atoms with Crippen molar-refractivity contribution in [2.75, 3.05) is 40.9 Å². The van der Waals surface area contributed by atoms with Gasteiger partial charge in [-0.2, -0.15) is 0 Å². The Kier molecular flexibility index (Phi) is 59.3. The van der Waals surface area contributed by atoms with Crippen molar-refractivity contribution in [3.05, 3.63) is 36.5 Å². The minimum absolute atomic E-state index is 0.00434. The van der Waals surface area contributed by atoms with Crippen LogP contribution in [0.25, 0.3) is 0 Å². The molecule has 0 aliphatic rings. The highest BCUT2D eigenvalue weighted by Gasteiger charge is 2.23. The molecule has 0 bridgehead atoms. The van der Waals surface area contributed by atoms with E-state index in [9.17, 15) is 19.4 Å². The van der Waals surface area contributed by atoms with Gasteiger partial charge < -0.3 is 28.8 Å². The summed E-state index contributed by atoms with van der Waals surface area (Å²) in [5.74, 6) is -0.200. The van der Waals surface area contributed by atoms with Crippen molar-refractivity contribution >= 4 is 13.7 Å². The number of carbonyl (C=O) groups is 1. The van der Waals surface area contributed by atoms with Crippen molar-refractivity contribution in [1.29, 1.82) is 0 Å². The Labute approximate surface area is 487 Å². The lowest BCUT2D eigenvalue weighted by atomic mass is 10.0. The average Bonchev–Trinajstić information content (AvgIpc) is 3.41. The van der Waals surface area contributed by atoms with E-state index in [-0.39, 0.29) is 19.1 Å². The molecule has 0 rings (SSSR count). The number of likely N-dealkylation sites (N-methyl/N-ethyl adjacent to an activating group) is 1. The molecule has 3 unspecified atom stereocenters. The highest BCUT2D eigenvalue weighted by Crippen LogP contribution is 2.38. The largest absolute Gasteiger partial charge is 0.756 e. The van der Waals surface area contributed by atoms with Gasteiger partial charge in [0.15, 0.2) is 0 Å². The fraction of sp³-hybridized carbons (Fsp3) is 0.899. The second kappa shape index (κ2) is 60.3. The van der Waals surface area contributed by atoms with E-state index in [0.29, 0.717) is 17.4 Å². The normalized spacial score (nSPS) is 13.9. The molecular weight excluding hydrogens is 984 g/mol. The zero-order chi connectivity index (χ0) is 57.0. The van der Waals surface area contributed by atoms with Crippen LogP contribution in [0.4, 0.5) is 0 Å². The van der Waals surface area contributed by atoms with Crippen LogP contribution in [0.1, 0.15) is 348 Å². The number of aliphatic hydroxyl groups excluding tert-OH is 1. The van der Waals surface area contributed by atoms with Gasteiger partial charge in [0.05, 0.1) is 39.9 Å². The lowest BCUT2D eigenvalue weighted by molar-refractivity contribution is -0.870. The van der Waals surface area contributed by atoms with Gasteiger partial charge in [0.25, 0.3) is 7.82 Å². The van der Waals surface area contributed by atoms with Gasteiger partial charge in [0.2, 0.25) is 5.91 Å². The van der Waals surface area contributed by atoms with Crippen LogP contribution in [0.3, 0.4) is 0 Å². The summed E-state index contributed by atoms with van der Waals surface area (Å²) in [5.41, 5.74) is 0. The Morgan fingerprint density at radius 3 is 1.04 bits per heavy atom. The smallest absolute Gasteiger partial charge is 0.268 e. The molecule has 0 aromatic carbocycles. The number of amides is 1. The summed E-state index contributed by atoms with van der Waals surface area (Å²) in [4.78, 5) is 25.6. The van der Waals surface area contributed by atoms with Gasteiger partial charge in [0, 0.05) is 6.42 Å². The Balaban J connectivity index is 4.01. The Morgan fingerprint density at radius 1 is 0.436 bits per heavy atom. The molecule has 0 aliphatic heterocycles. The number of allylic oxidation sites excluding steroid dienone is 5. The van der Waals surface area contributed by atoms with Gasteiger partial charge in [-0.25, -0.2) is 0 Å². The number of aliphatic hydroxyl groups is 1. The maximum absolute atomic E-state index is 13.0. The van der Waals surface area contributed by atoms with Crippen LogP contribution in [0, 0.1) is 0 Å². The maximum Gasteiger partial charge on any atom is 0.268 e. The van der Waals surface area contributed by atoms with Gasteiger partial charge in [-0.15, -0.1) is 0 Å². The van der Waals surface area contributed by atoms with Gasteiger partial charge in [0.1, 0.15) is 13.2 Å². The predicted octanol–water partition coefficient (Wildman–Crippen LogP) is 21.0. The quantitative estimate of drug-likeness (QED) is 0.0272. The Morgan fingerprint density at radius 2 is 0.718 bits per heavy atom. The first-order valence-electron chi connectivity index (χ1n) is 34.4. The molecular formula is C69H135N2O6P. The van der Waals surface area contributed by atoms with Crippen molar-refractivity contribution in [3.8, 4) is 0 Å². The molecule has 2 N–H and O–H groups in total. The summed E-state index contributed by atoms with van der Waals surface area (Å²) in [5, 5.41) is 13.9. The Hall–Kier alpha value is -1.28. The van der Waals surface area contributed by atoms with Gasteiger partial charge in [-0.05, 0) is 57.8 Å². The van der Waals surface area contributed by atoms with Gasteiger partial charge >= 0.3 is 0 Å². The molecule has 9 heteroatoms. The zero-order valence-corrected chi connectivity index (χ0v) is 53.8. The molecule has 462 valence electrons. The third kappa shape index (κ3) is 62.3. The number of quaternary nitrogens is 1. The number of rotatable bonds is 64. The molecule has 0 fully saturated rings. The number of phosphoric ester groups is 1. The Bertz CT molecular complexity index is 1360. The summed E-state index contributed by atoms with van der Waals surface area (Å²) < 4.78 is 23.4. The molecule has 0 saturated carbocycles. The first-order valence-corrected chi connectivity index (χ1v) is 35.8. The van der Waals surface area contributed by atoms with Crippen LogP contribution in [0.5, 0.6) is 0 Å². The van der Waals surface area contributed by atoms with Crippen LogP contribution in [-0.4, -0.2) is 68.5 Å². The van der Waals surface area contributed by atoms with Crippen LogP contribution in [0.15, 0.2) is 36.5 Å². The molecule has 0 aromatic heterocycles. The molecule has 0 saturated heterocycles. The van der Waals surface area contributed by atoms with E-state index in [4.69, 9.17) is 9.05 Å². The fourth-order valence-corrected chi connectivity index (χ4v) is 11.2. The molecule has 3 atom stereocenters. The summed E-state index contributed by atoms with van der Waals surface area (Å²) in [7, 11) is 1.26. The number of phosphoric acid groups is 1. The standard InChI is InChI=1S/C69H135N2O6P/c1-6-8-10-12-14-16-18-20-22-24-26-28-29-30-31-32-33-34-35-36-37-38-39-40-41-43-45-47-49-51-53-55-57-59-61-63-69(73)70-67(66-77-78(74,75)76-65-64-71(3,4)5)68(72)62-60-58-56-54-52-50-48-46-44-42-27-25-23-21-19-17-15-13-11-9-7-2/h24,26,52,54,60,62,67-68,72H,6-23,25,27-51,53,55-59,61,63-66H2,1-5H3,(H-,70,73,74,75)/b26-24-,54-52+,62-60+. The summed E-state index contributed by atoms with van der Waals surface area (Å²) in [6.07, 6.45) is 79.9. The summed E-state index contributed by atoms with van der Waals surface area (Å²) in [6, 6.07) is -0.902. The predicted molar refractivity (Wildman–Crippen MR) is 339 cm³/mol. The van der Waals surface area contributed by atoms with Gasteiger partial charge in [-0.3, -0.25) is 9.36 Å². The molecule has 1 amide bonds.